The Morgan fingerprint density at radius 1 is 0.853 bits per heavy atom. The van der Waals surface area contributed by atoms with Gasteiger partial charge in [-0.1, -0.05) is 29.3 Å². The number of aryl methyl sites for hydroxylation is 1. The summed E-state index contributed by atoms with van der Waals surface area (Å²) in [6, 6.07) is 17.5. The predicted octanol–water partition coefficient (Wildman–Crippen LogP) is 4.24. The third-order valence-corrected chi connectivity index (χ3v) is 7.80. The number of hydrogen-bond acceptors (Lipinski definition) is 5. The van der Waals surface area contributed by atoms with Crippen molar-refractivity contribution in [2.45, 2.75) is 24.8 Å². The van der Waals surface area contributed by atoms with Crippen molar-refractivity contribution in [3.63, 3.8) is 0 Å². The molecule has 3 rings (SSSR count). The summed E-state index contributed by atoms with van der Waals surface area (Å²) in [7, 11) is -7.61. The molecule has 0 aliphatic heterocycles. The summed E-state index contributed by atoms with van der Waals surface area (Å²) >= 11 is 5.88. The molecule has 2 N–H and O–H groups in total. The summed E-state index contributed by atoms with van der Waals surface area (Å²) in [5.41, 5.74) is 2.04. The SMILES string of the molecule is Cc1ccc(NS(=O)(=O)c2ccc(NC(=O)[C@@H](C)N(c3ccc(Cl)cc3)S(C)(=O)=O)cc2)cc1. The standard InChI is InChI=1S/C23H24ClN3O5S2/c1-16-4-8-20(9-5-16)26-34(31,32)22-14-10-19(11-15-22)25-23(28)17(2)27(33(3,29)30)21-12-6-18(24)7-13-21/h4-15,17,26H,1-3H3,(H,25,28)/t17-/m1/s1. The van der Waals surface area contributed by atoms with Crippen molar-refractivity contribution in [1.29, 1.82) is 0 Å². The van der Waals surface area contributed by atoms with E-state index in [-0.39, 0.29) is 10.6 Å². The fourth-order valence-electron chi connectivity index (χ4n) is 3.20. The molecular formula is C23H24ClN3O5S2. The Morgan fingerprint density at radius 2 is 1.38 bits per heavy atom. The van der Waals surface area contributed by atoms with E-state index in [9.17, 15) is 21.6 Å². The fraction of sp³-hybridized carbons (Fsp3) is 0.174. The summed E-state index contributed by atoms with van der Waals surface area (Å²) in [4.78, 5) is 12.8. The maximum Gasteiger partial charge on any atom is 0.261 e. The molecule has 0 saturated heterocycles. The highest BCUT2D eigenvalue weighted by atomic mass is 35.5. The van der Waals surface area contributed by atoms with Crippen LogP contribution in [-0.2, 0) is 24.8 Å². The van der Waals surface area contributed by atoms with Gasteiger partial charge in [0.05, 0.1) is 16.8 Å². The van der Waals surface area contributed by atoms with E-state index in [1.165, 1.54) is 55.5 Å². The van der Waals surface area contributed by atoms with Crippen molar-refractivity contribution < 1.29 is 21.6 Å². The molecule has 0 aliphatic rings. The first-order valence-electron chi connectivity index (χ1n) is 10.1. The normalized spacial score (nSPS) is 12.6. The van der Waals surface area contributed by atoms with E-state index in [0.717, 1.165) is 16.1 Å². The first-order chi connectivity index (χ1) is 15.9. The minimum absolute atomic E-state index is 0.0121. The van der Waals surface area contributed by atoms with E-state index in [2.05, 4.69) is 10.0 Å². The Kier molecular flexibility index (Phi) is 7.54. The highest BCUT2D eigenvalue weighted by molar-refractivity contribution is 7.92. The molecule has 0 spiro atoms. The molecule has 0 saturated carbocycles. The highest BCUT2D eigenvalue weighted by Crippen LogP contribution is 2.24. The second-order valence-electron chi connectivity index (χ2n) is 7.70. The molecule has 180 valence electrons. The van der Waals surface area contributed by atoms with Crippen LogP contribution in [0.15, 0.2) is 77.7 Å². The van der Waals surface area contributed by atoms with Gasteiger partial charge in [0.2, 0.25) is 15.9 Å². The Balaban J connectivity index is 1.75. The van der Waals surface area contributed by atoms with E-state index >= 15 is 0 Å². The molecular weight excluding hydrogens is 498 g/mol. The second-order valence-corrected chi connectivity index (χ2v) is 11.7. The van der Waals surface area contributed by atoms with Gasteiger partial charge in [0.15, 0.2) is 0 Å². The first kappa shape index (κ1) is 25.5. The van der Waals surface area contributed by atoms with E-state index in [4.69, 9.17) is 11.6 Å². The number of nitrogens with one attached hydrogen (secondary N) is 2. The lowest BCUT2D eigenvalue weighted by molar-refractivity contribution is -0.116. The van der Waals surface area contributed by atoms with E-state index in [0.29, 0.717) is 16.4 Å². The lowest BCUT2D eigenvalue weighted by atomic mass is 10.2. The van der Waals surface area contributed by atoms with Crippen molar-refractivity contribution in [3.05, 3.63) is 83.4 Å². The molecule has 0 aromatic heterocycles. The van der Waals surface area contributed by atoms with E-state index < -0.39 is 32.0 Å². The Bertz CT molecular complexity index is 1370. The zero-order valence-electron chi connectivity index (χ0n) is 18.7. The van der Waals surface area contributed by atoms with Gasteiger partial charge >= 0.3 is 0 Å². The van der Waals surface area contributed by atoms with Crippen LogP contribution < -0.4 is 14.3 Å². The maximum atomic E-state index is 12.8. The summed E-state index contributed by atoms with van der Waals surface area (Å²) in [6.45, 7) is 3.35. The van der Waals surface area contributed by atoms with Gasteiger partial charge in [-0.2, -0.15) is 0 Å². The lowest BCUT2D eigenvalue weighted by Gasteiger charge is -2.28. The third-order valence-electron chi connectivity index (χ3n) is 4.91. The maximum absolute atomic E-state index is 12.8. The van der Waals surface area contributed by atoms with Crippen molar-refractivity contribution >= 4 is 54.6 Å². The first-order valence-corrected chi connectivity index (χ1v) is 13.8. The number of amides is 1. The van der Waals surface area contributed by atoms with E-state index in [1.807, 2.05) is 6.92 Å². The van der Waals surface area contributed by atoms with Gasteiger partial charge < -0.3 is 5.32 Å². The summed E-state index contributed by atoms with van der Waals surface area (Å²) < 4.78 is 53.5. The average Bonchev–Trinajstić information content (AvgIpc) is 2.76. The zero-order chi connectivity index (χ0) is 25.1. The summed E-state index contributed by atoms with van der Waals surface area (Å²) in [6.07, 6.45) is 1.01. The van der Waals surface area contributed by atoms with Gasteiger partial charge in [0.1, 0.15) is 6.04 Å². The van der Waals surface area contributed by atoms with Crippen LogP contribution in [0.5, 0.6) is 0 Å². The minimum atomic E-state index is -3.82. The molecule has 0 heterocycles. The number of anilines is 3. The van der Waals surface area contributed by atoms with Crippen molar-refractivity contribution in [3.8, 4) is 0 Å². The highest BCUT2D eigenvalue weighted by Gasteiger charge is 2.29. The quantitative estimate of drug-likeness (QED) is 0.460. The van der Waals surface area contributed by atoms with Crippen LogP contribution >= 0.6 is 11.6 Å². The Morgan fingerprint density at radius 3 is 1.91 bits per heavy atom. The van der Waals surface area contributed by atoms with Gasteiger partial charge in [-0.3, -0.25) is 13.8 Å². The van der Waals surface area contributed by atoms with Crippen LogP contribution in [0.25, 0.3) is 0 Å². The number of carbonyl (C=O) groups is 1. The van der Waals surface area contributed by atoms with Gasteiger partial charge in [-0.25, -0.2) is 16.8 Å². The zero-order valence-corrected chi connectivity index (χ0v) is 21.1. The van der Waals surface area contributed by atoms with Crippen LogP contribution in [0.3, 0.4) is 0 Å². The molecule has 11 heteroatoms. The van der Waals surface area contributed by atoms with Crippen LogP contribution in [0.1, 0.15) is 12.5 Å². The lowest BCUT2D eigenvalue weighted by Crippen LogP contribution is -2.45. The summed E-state index contributed by atoms with van der Waals surface area (Å²) in [5, 5.41) is 3.06. The van der Waals surface area contributed by atoms with Crippen molar-refractivity contribution in [2.75, 3.05) is 20.6 Å². The van der Waals surface area contributed by atoms with Crippen LogP contribution in [0.2, 0.25) is 5.02 Å². The smallest absolute Gasteiger partial charge is 0.261 e. The van der Waals surface area contributed by atoms with Crippen LogP contribution in [0, 0.1) is 6.92 Å². The van der Waals surface area contributed by atoms with Crippen LogP contribution in [0.4, 0.5) is 17.1 Å². The topological polar surface area (TPSA) is 113 Å². The average molecular weight is 522 g/mol. The molecule has 0 bridgehead atoms. The molecule has 1 amide bonds. The van der Waals surface area contributed by atoms with Gasteiger partial charge in [0.25, 0.3) is 10.0 Å². The molecule has 3 aromatic rings. The summed E-state index contributed by atoms with van der Waals surface area (Å²) in [5.74, 6) is -0.589. The Labute approximate surface area is 204 Å². The number of halogens is 1. The number of nitrogens with zero attached hydrogens (tertiary/aromatic N) is 1. The van der Waals surface area contributed by atoms with Crippen molar-refractivity contribution in [1.82, 2.24) is 0 Å². The molecule has 0 radical (unpaired) electrons. The molecule has 3 aromatic carbocycles. The number of carbonyl (C=O) groups excluding carboxylic acids is 1. The molecule has 1 atom stereocenters. The number of sulfonamides is 2. The monoisotopic (exact) mass is 521 g/mol. The van der Waals surface area contributed by atoms with Gasteiger partial charge in [0, 0.05) is 16.4 Å². The molecule has 0 unspecified atom stereocenters. The molecule has 0 aliphatic carbocycles. The van der Waals surface area contributed by atoms with Gasteiger partial charge in [-0.15, -0.1) is 0 Å². The van der Waals surface area contributed by atoms with E-state index in [1.54, 1.807) is 24.3 Å². The fourth-order valence-corrected chi connectivity index (χ4v) is 5.56. The molecule has 8 nitrogen and oxygen atoms in total. The number of hydrogen-bond donors (Lipinski definition) is 2. The van der Waals surface area contributed by atoms with Crippen LogP contribution in [-0.4, -0.2) is 35.0 Å². The van der Waals surface area contributed by atoms with Gasteiger partial charge in [-0.05, 0) is 74.5 Å². The number of rotatable bonds is 8. The number of benzene rings is 3. The van der Waals surface area contributed by atoms with Crippen molar-refractivity contribution in [2.24, 2.45) is 0 Å². The third kappa shape index (κ3) is 6.28. The minimum Gasteiger partial charge on any atom is -0.324 e. The molecule has 0 fully saturated rings. The largest absolute Gasteiger partial charge is 0.324 e. The second kappa shape index (κ2) is 10.0. The molecule has 34 heavy (non-hydrogen) atoms. The predicted molar refractivity (Wildman–Crippen MR) is 135 cm³/mol. The Hall–Kier alpha value is -3.08.